The Balaban J connectivity index is 2.40. The molecule has 0 saturated carbocycles. The summed E-state index contributed by atoms with van der Waals surface area (Å²) in [7, 11) is 0. The normalized spacial score (nSPS) is 13.3. The fraction of sp³-hybridized carbons (Fsp3) is 0.647. The zero-order valence-corrected chi connectivity index (χ0v) is 12.3. The number of aromatic nitrogens is 1. The first-order chi connectivity index (χ1) is 9.31. The van der Waals surface area contributed by atoms with Crippen LogP contribution in [-0.4, -0.2) is 4.98 Å². The molecule has 19 heavy (non-hydrogen) atoms. The van der Waals surface area contributed by atoms with Crippen molar-refractivity contribution in [2.24, 2.45) is 0 Å². The first-order valence-electron chi connectivity index (χ1n) is 7.75. The largest absolute Gasteiger partial charge is 0.242 e. The molecular formula is C17H24N2. The van der Waals surface area contributed by atoms with Gasteiger partial charge in [0, 0.05) is 5.69 Å². The van der Waals surface area contributed by atoms with Crippen molar-refractivity contribution >= 4 is 0 Å². The fourth-order valence-corrected chi connectivity index (χ4v) is 3.07. The molecule has 1 aliphatic rings. The van der Waals surface area contributed by atoms with Gasteiger partial charge in [-0.25, -0.2) is 4.98 Å². The molecule has 0 aromatic carbocycles. The lowest BCUT2D eigenvalue weighted by atomic mass is 9.95. The summed E-state index contributed by atoms with van der Waals surface area (Å²) in [6.45, 7) is 4.41. The summed E-state index contributed by atoms with van der Waals surface area (Å²) >= 11 is 0. The average Bonchev–Trinajstić information content (AvgIpc) is 2.92. The Labute approximate surface area is 116 Å². The minimum atomic E-state index is 0.709. The summed E-state index contributed by atoms with van der Waals surface area (Å²) in [5.41, 5.74) is 6.15. The number of fused-ring (bicyclic) bond motifs is 1. The number of nitrogens with zero attached hydrogens (tertiary/aromatic N) is 2. The van der Waals surface area contributed by atoms with Gasteiger partial charge in [-0.3, -0.25) is 0 Å². The maximum absolute atomic E-state index is 9.39. The monoisotopic (exact) mass is 256 g/mol. The molecule has 1 aromatic heterocycles. The van der Waals surface area contributed by atoms with Crippen molar-refractivity contribution in [1.82, 2.24) is 4.98 Å². The van der Waals surface area contributed by atoms with Crippen molar-refractivity contribution in [3.8, 4) is 6.07 Å². The first kappa shape index (κ1) is 14.1. The summed E-state index contributed by atoms with van der Waals surface area (Å²) in [4.78, 5) is 4.69. The van der Waals surface area contributed by atoms with Crippen LogP contribution < -0.4 is 0 Å². The molecule has 0 N–H and O–H groups in total. The number of hydrogen-bond donors (Lipinski definition) is 0. The van der Waals surface area contributed by atoms with Crippen LogP contribution in [0.5, 0.6) is 0 Å². The summed E-state index contributed by atoms with van der Waals surface area (Å²) in [6, 6.07) is 2.34. The zero-order chi connectivity index (χ0) is 13.7. The highest BCUT2D eigenvalue weighted by Gasteiger charge is 2.22. The van der Waals surface area contributed by atoms with E-state index in [9.17, 15) is 5.26 Å². The second-order valence-electron chi connectivity index (χ2n) is 5.52. The smallest absolute Gasteiger partial charge is 0.144 e. The molecule has 1 aromatic rings. The van der Waals surface area contributed by atoms with Crippen LogP contribution in [0.1, 0.15) is 74.0 Å². The maximum Gasteiger partial charge on any atom is 0.144 e. The number of nitriles is 1. The number of rotatable bonds is 6. The van der Waals surface area contributed by atoms with Crippen LogP contribution in [0.25, 0.3) is 0 Å². The highest BCUT2D eigenvalue weighted by Crippen LogP contribution is 2.31. The van der Waals surface area contributed by atoms with Gasteiger partial charge >= 0.3 is 0 Å². The third-order valence-corrected chi connectivity index (χ3v) is 4.12. The summed E-state index contributed by atoms with van der Waals surface area (Å²) in [5, 5.41) is 9.39. The van der Waals surface area contributed by atoms with Gasteiger partial charge in [-0.1, -0.05) is 26.7 Å². The molecule has 0 amide bonds. The Morgan fingerprint density at radius 1 is 1.05 bits per heavy atom. The Morgan fingerprint density at radius 3 is 2.42 bits per heavy atom. The SMILES string of the molecule is CCCCc1nc(C#N)c(CCCC)c2c1CCC2. The molecule has 0 radical (unpaired) electrons. The number of pyridine rings is 1. The molecule has 0 spiro atoms. The van der Waals surface area contributed by atoms with Crippen LogP contribution in [0, 0.1) is 11.3 Å². The van der Waals surface area contributed by atoms with E-state index in [-0.39, 0.29) is 0 Å². The molecule has 0 unspecified atom stereocenters. The molecule has 2 heteroatoms. The molecule has 1 heterocycles. The minimum Gasteiger partial charge on any atom is -0.242 e. The third-order valence-electron chi connectivity index (χ3n) is 4.12. The Hall–Kier alpha value is -1.36. The van der Waals surface area contributed by atoms with E-state index in [0.717, 1.165) is 25.7 Å². The van der Waals surface area contributed by atoms with Crippen LogP contribution in [0.15, 0.2) is 0 Å². The Bertz CT molecular complexity index is 483. The molecule has 0 bridgehead atoms. The molecule has 0 saturated heterocycles. The number of unbranched alkanes of at least 4 members (excludes halogenated alkanes) is 2. The highest BCUT2D eigenvalue weighted by atomic mass is 14.7. The van der Waals surface area contributed by atoms with Crippen molar-refractivity contribution < 1.29 is 0 Å². The zero-order valence-electron chi connectivity index (χ0n) is 12.3. The van der Waals surface area contributed by atoms with E-state index in [0.29, 0.717) is 5.69 Å². The van der Waals surface area contributed by atoms with Crippen LogP contribution in [0.3, 0.4) is 0 Å². The predicted octanol–water partition coefficient (Wildman–Crippen LogP) is 4.13. The Kier molecular flexibility index (Phi) is 4.96. The van der Waals surface area contributed by atoms with E-state index in [4.69, 9.17) is 4.98 Å². The van der Waals surface area contributed by atoms with Crippen molar-refractivity contribution in [2.45, 2.75) is 71.6 Å². The number of aryl methyl sites for hydroxylation is 1. The molecule has 102 valence electrons. The second-order valence-corrected chi connectivity index (χ2v) is 5.52. The molecule has 2 nitrogen and oxygen atoms in total. The van der Waals surface area contributed by atoms with Gasteiger partial charge in [0.15, 0.2) is 0 Å². The standard InChI is InChI=1S/C17H24N2/c1-3-5-8-15-13-9-7-10-14(13)16(11-6-4-2)19-17(15)12-18/h3-11H2,1-2H3. The van der Waals surface area contributed by atoms with E-state index < -0.39 is 0 Å². The van der Waals surface area contributed by atoms with E-state index in [1.165, 1.54) is 54.5 Å². The Morgan fingerprint density at radius 2 is 1.74 bits per heavy atom. The van der Waals surface area contributed by atoms with Crippen molar-refractivity contribution in [2.75, 3.05) is 0 Å². The lowest BCUT2D eigenvalue weighted by molar-refractivity contribution is 0.753. The molecule has 1 aliphatic carbocycles. The van der Waals surface area contributed by atoms with E-state index in [1.54, 1.807) is 0 Å². The summed E-state index contributed by atoms with van der Waals surface area (Å²) in [6.07, 6.45) is 10.4. The van der Waals surface area contributed by atoms with Crippen molar-refractivity contribution in [3.05, 3.63) is 28.1 Å². The fourth-order valence-electron chi connectivity index (χ4n) is 3.07. The van der Waals surface area contributed by atoms with E-state index in [1.807, 2.05) is 0 Å². The number of hydrogen-bond acceptors (Lipinski definition) is 2. The quantitative estimate of drug-likeness (QED) is 0.767. The molecule has 0 fully saturated rings. The molecule has 2 rings (SSSR count). The lowest BCUT2D eigenvalue weighted by Crippen LogP contribution is -2.07. The van der Waals surface area contributed by atoms with E-state index >= 15 is 0 Å². The second kappa shape index (κ2) is 6.70. The van der Waals surface area contributed by atoms with Crippen LogP contribution in [0.2, 0.25) is 0 Å². The van der Waals surface area contributed by atoms with Gasteiger partial charge in [0.2, 0.25) is 0 Å². The van der Waals surface area contributed by atoms with Gasteiger partial charge in [0.25, 0.3) is 0 Å². The van der Waals surface area contributed by atoms with Gasteiger partial charge in [-0.05, 0) is 61.6 Å². The van der Waals surface area contributed by atoms with Crippen LogP contribution in [-0.2, 0) is 25.7 Å². The average molecular weight is 256 g/mol. The highest BCUT2D eigenvalue weighted by molar-refractivity contribution is 5.47. The molecule has 0 atom stereocenters. The topological polar surface area (TPSA) is 36.7 Å². The summed E-state index contributed by atoms with van der Waals surface area (Å²) < 4.78 is 0. The van der Waals surface area contributed by atoms with Crippen LogP contribution in [0.4, 0.5) is 0 Å². The lowest BCUT2D eigenvalue weighted by Gasteiger charge is -2.14. The molecular weight excluding hydrogens is 232 g/mol. The maximum atomic E-state index is 9.39. The predicted molar refractivity (Wildman–Crippen MR) is 78.2 cm³/mol. The van der Waals surface area contributed by atoms with Gasteiger partial charge < -0.3 is 0 Å². The molecule has 0 aliphatic heterocycles. The van der Waals surface area contributed by atoms with Gasteiger partial charge in [0.05, 0.1) is 0 Å². The van der Waals surface area contributed by atoms with E-state index in [2.05, 4.69) is 19.9 Å². The van der Waals surface area contributed by atoms with Gasteiger partial charge in [0.1, 0.15) is 11.8 Å². The van der Waals surface area contributed by atoms with Crippen molar-refractivity contribution in [1.29, 1.82) is 5.26 Å². The first-order valence-corrected chi connectivity index (χ1v) is 7.75. The van der Waals surface area contributed by atoms with Crippen molar-refractivity contribution in [3.63, 3.8) is 0 Å². The van der Waals surface area contributed by atoms with Gasteiger partial charge in [-0.2, -0.15) is 5.26 Å². The van der Waals surface area contributed by atoms with Gasteiger partial charge in [-0.15, -0.1) is 0 Å². The minimum absolute atomic E-state index is 0.709. The summed E-state index contributed by atoms with van der Waals surface area (Å²) in [5.74, 6) is 0. The van der Waals surface area contributed by atoms with Crippen LogP contribution >= 0.6 is 0 Å². The third kappa shape index (κ3) is 2.97.